The monoisotopic (exact) mass is 267 g/mol. The highest BCUT2D eigenvalue weighted by atomic mass is 16.3. The van der Waals surface area contributed by atoms with Gasteiger partial charge in [-0.3, -0.25) is 5.43 Å². The molecule has 2 aromatic rings. The van der Waals surface area contributed by atoms with Gasteiger partial charge in [-0.1, -0.05) is 12.1 Å². The van der Waals surface area contributed by atoms with E-state index in [0.29, 0.717) is 11.6 Å². The van der Waals surface area contributed by atoms with Gasteiger partial charge in [-0.05, 0) is 55.5 Å². The molecule has 3 rings (SSSR count). The second-order valence-electron chi connectivity index (χ2n) is 4.99. The number of phenols is 1. The van der Waals surface area contributed by atoms with Crippen LogP contribution in [0.1, 0.15) is 29.5 Å². The smallest absolute Gasteiger partial charge is 0.146 e. The molecule has 0 bridgehead atoms. The van der Waals surface area contributed by atoms with E-state index in [-0.39, 0.29) is 0 Å². The molecule has 1 heterocycles. The first-order valence-corrected chi connectivity index (χ1v) is 6.81. The minimum atomic E-state index is 0.312. The van der Waals surface area contributed by atoms with Crippen molar-refractivity contribution in [3.63, 3.8) is 0 Å². The van der Waals surface area contributed by atoms with Crippen molar-refractivity contribution in [3.8, 4) is 5.75 Å². The third-order valence-electron chi connectivity index (χ3n) is 3.62. The number of aromatic nitrogens is 1. The molecular formula is C16H17N3O. The lowest BCUT2D eigenvalue weighted by Crippen LogP contribution is -2.15. The van der Waals surface area contributed by atoms with Crippen LogP contribution in [0.25, 0.3) is 0 Å². The van der Waals surface area contributed by atoms with E-state index >= 15 is 0 Å². The van der Waals surface area contributed by atoms with Crippen LogP contribution in [0.3, 0.4) is 0 Å². The number of hydrogen-bond donors (Lipinski definition) is 2. The lowest BCUT2D eigenvalue weighted by molar-refractivity contribution is 0.472. The average Bonchev–Trinajstić information content (AvgIpc) is 2.50. The third kappa shape index (κ3) is 2.37. The van der Waals surface area contributed by atoms with Gasteiger partial charge in [0, 0.05) is 11.8 Å². The normalized spacial score (nSPS) is 15.9. The molecule has 4 nitrogen and oxygen atoms in total. The summed E-state index contributed by atoms with van der Waals surface area (Å²) in [5, 5.41) is 14.6. The van der Waals surface area contributed by atoms with Crippen molar-refractivity contribution < 1.29 is 5.11 Å². The predicted molar refractivity (Wildman–Crippen MR) is 80.2 cm³/mol. The quantitative estimate of drug-likeness (QED) is 0.821. The highest BCUT2D eigenvalue weighted by Crippen LogP contribution is 2.31. The molecule has 1 aliphatic rings. The summed E-state index contributed by atoms with van der Waals surface area (Å²) in [5.74, 6) is 1.02. The molecule has 0 atom stereocenters. The van der Waals surface area contributed by atoms with Gasteiger partial charge >= 0.3 is 0 Å². The first-order chi connectivity index (χ1) is 9.75. The molecule has 0 saturated heterocycles. The third-order valence-corrected chi connectivity index (χ3v) is 3.62. The van der Waals surface area contributed by atoms with E-state index in [1.165, 1.54) is 11.1 Å². The number of rotatable bonds is 2. The van der Waals surface area contributed by atoms with Crippen molar-refractivity contribution in [2.24, 2.45) is 5.10 Å². The van der Waals surface area contributed by atoms with Crippen LogP contribution in [0.2, 0.25) is 0 Å². The van der Waals surface area contributed by atoms with Crippen LogP contribution in [0.5, 0.6) is 5.75 Å². The van der Waals surface area contributed by atoms with Crippen LogP contribution >= 0.6 is 0 Å². The summed E-state index contributed by atoms with van der Waals surface area (Å²) >= 11 is 0. The zero-order valence-corrected chi connectivity index (χ0v) is 11.4. The first kappa shape index (κ1) is 12.7. The van der Waals surface area contributed by atoms with Crippen LogP contribution in [-0.4, -0.2) is 15.8 Å². The SMILES string of the molecule is Cc1ccc(O)c2c1CCC/C2=N\Nc1ccccn1. The Morgan fingerprint density at radius 1 is 1.20 bits per heavy atom. The molecule has 0 fully saturated rings. The van der Waals surface area contributed by atoms with Crippen LogP contribution in [0.15, 0.2) is 41.6 Å². The van der Waals surface area contributed by atoms with Gasteiger partial charge in [0.15, 0.2) is 0 Å². The maximum absolute atomic E-state index is 10.1. The molecule has 20 heavy (non-hydrogen) atoms. The number of nitrogens with one attached hydrogen (secondary N) is 1. The van der Waals surface area contributed by atoms with E-state index in [1.807, 2.05) is 24.3 Å². The second kappa shape index (κ2) is 5.33. The number of fused-ring (bicyclic) bond motifs is 1. The number of nitrogens with zero attached hydrogens (tertiary/aromatic N) is 2. The number of anilines is 1. The van der Waals surface area contributed by atoms with Crippen molar-refractivity contribution in [2.45, 2.75) is 26.2 Å². The Hall–Kier alpha value is -2.36. The van der Waals surface area contributed by atoms with E-state index in [0.717, 1.165) is 30.5 Å². The van der Waals surface area contributed by atoms with Crippen LogP contribution in [-0.2, 0) is 6.42 Å². The van der Waals surface area contributed by atoms with Crippen molar-refractivity contribution in [2.75, 3.05) is 5.43 Å². The maximum atomic E-state index is 10.1. The Bertz CT molecular complexity index is 650. The number of benzene rings is 1. The second-order valence-corrected chi connectivity index (χ2v) is 4.99. The molecule has 0 unspecified atom stereocenters. The van der Waals surface area contributed by atoms with E-state index < -0.39 is 0 Å². The summed E-state index contributed by atoms with van der Waals surface area (Å²) in [6, 6.07) is 9.35. The number of aromatic hydroxyl groups is 1. The summed E-state index contributed by atoms with van der Waals surface area (Å²) in [6.07, 6.45) is 4.64. The molecule has 4 heteroatoms. The Balaban J connectivity index is 1.96. The predicted octanol–water partition coefficient (Wildman–Crippen LogP) is 3.25. The molecular weight excluding hydrogens is 250 g/mol. The van der Waals surface area contributed by atoms with Gasteiger partial charge in [-0.2, -0.15) is 5.10 Å². The maximum Gasteiger partial charge on any atom is 0.146 e. The molecule has 102 valence electrons. The molecule has 1 aromatic carbocycles. The fourth-order valence-electron chi connectivity index (χ4n) is 2.61. The number of hydrogen-bond acceptors (Lipinski definition) is 4. The zero-order chi connectivity index (χ0) is 13.9. The fraction of sp³-hybridized carbons (Fsp3) is 0.250. The van der Waals surface area contributed by atoms with Crippen molar-refractivity contribution >= 4 is 11.5 Å². The molecule has 0 radical (unpaired) electrons. The Labute approximate surface area is 118 Å². The average molecular weight is 267 g/mol. The highest BCUT2D eigenvalue weighted by molar-refractivity contribution is 6.05. The van der Waals surface area contributed by atoms with Crippen LogP contribution < -0.4 is 5.43 Å². The minimum absolute atomic E-state index is 0.312. The number of aryl methyl sites for hydroxylation is 1. The van der Waals surface area contributed by atoms with E-state index in [4.69, 9.17) is 0 Å². The lowest BCUT2D eigenvalue weighted by Gasteiger charge is -2.21. The summed E-state index contributed by atoms with van der Waals surface area (Å²) in [4.78, 5) is 4.18. The standard InChI is InChI=1S/C16H17N3O/c1-11-8-9-14(20)16-12(11)5-4-6-13(16)18-19-15-7-2-3-10-17-15/h2-3,7-10,20H,4-6H2,1H3,(H,17,19)/b18-13+. The van der Waals surface area contributed by atoms with E-state index in [2.05, 4.69) is 22.4 Å². The van der Waals surface area contributed by atoms with Crippen molar-refractivity contribution in [1.29, 1.82) is 0 Å². The number of hydrazone groups is 1. The highest BCUT2D eigenvalue weighted by Gasteiger charge is 2.20. The van der Waals surface area contributed by atoms with Gasteiger partial charge in [0.2, 0.25) is 0 Å². The van der Waals surface area contributed by atoms with Gasteiger partial charge < -0.3 is 5.11 Å². The molecule has 0 spiro atoms. The van der Waals surface area contributed by atoms with E-state index in [1.54, 1.807) is 12.3 Å². The minimum Gasteiger partial charge on any atom is -0.507 e. The summed E-state index contributed by atoms with van der Waals surface area (Å²) in [7, 11) is 0. The Morgan fingerprint density at radius 3 is 2.90 bits per heavy atom. The fourth-order valence-corrected chi connectivity index (χ4v) is 2.61. The van der Waals surface area contributed by atoms with Gasteiger partial charge in [0.25, 0.3) is 0 Å². The van der Waals surface area contributed by atoms with Crippen LogP contribution in [0, 0.1) is 6.92 Å². The van der Waals surface area contributed by atoms with Crippen molar-refractivity contribution in [3.05, 3.63) is 53.2 Å². The van der Waals surface area contributed by atoms with Gasteiger partial charge in [0.05, 0.1) is 5.71 Å². The zero-order valence-electron chi connectivity index (χ0n) is 11.4. The van der Waals surface area contributed by atoms with Crippen molar-refractivity contribution in [1.82, 2.24) is 4.98 Å². The van der Waals surface area contributed by atoms with Gasteiger partial charge in [-0.15, -0.1) is 0 Å². The molecule has 0 aliphatic heterocycles. The Kier molecular flexibility index (Phi) is 3.37. The van der Waals surface area contributed by atoms with Gasteiger partial charge in [0.1, 0.15) is 11.6 Å². The Morgan fingerprint density at radius 2 is 2.10 bits per heavy atom. The molecule has 0 amide bonds. The molecule has 1 aliphatic carbocycles. The summed E-state index contributed by atoms with van der Waals surface area (Å²) < 4.78 is 0. The molecule has 1 aromatic heterocycles. The number of phenolic OH excluding ortho intramolecular Hbond substituents is 1. The van der Waals surface area contributed by atoms with Gasteiger partial charge in [-0.25, -0.2) is 4.98 Å². The molecule has 2 N–H and O–H groups in total. The largest absolute Gasteiger partial charge is 0.507 e. The molecule has 0 saturated carbocycles. The number of pyridine rings is 1. The topological polar surface area (TPSA) is 57.5 Å². The lowest BCUT2D eigenvalue weighted by atomic mass is 9.86. The first-order valence-electron chi connectivity index (χ1n) is 6.81. The summed E-state index contributed by atoms with van der Waals surface area (Å²) in [5.41, 5.74) is 7.17. The summed E-state index contributed by atoms with van der Waals surface area (Å²) in [6.45, 7) is 2.08. The van der Waals surface area contributed by atoms with Crippen LogP contribution in [0.4, 0.5) is 5.82 Å². The van der Waals surface area contributed by atoms with E-state index in [9.17, 15) is 5.11 Å².